The molecular weight excluding hydrogens is 504 g/mol. The molecule has 2 aliphatic heterocycles. The molecule has 0 radical (unpaired) electrons. The molecule has 168 valence electrons. The van der Waals surface area contributed by atoms with Gasteiger partial charge in [0.05, 0.1) is 35.1 Å². The van der Waals surface area contributed by atoms with Crippen LogP contribution in [0.1, 0.15) is 18.1 Å². The predicted octanol–water partition coefficient (Wildman–Crippen LogP) is 4.83. The quantitative estimate of drug-likeness (QED) is 0.485. The van der Waals surface area contributed by atoms with Gasteiger partial charge in [0.2, 0.25) is 0 Å². The van der Waals surface area contributed by atoms with Crippen LogP contribution in [-0.2, 0) is 10.1 Å². The number of rotatable bonds is 2. The molecule has 7 nitrogen and oxygen atoms in total. The Morgan fingerprint density at radius 1 is 0.939 bits per heavy atom. The van der Waals surface area contributed by atoms with Gasteiger partial charge in [-0.15, -0.1) is 5.10 Å². The normalized spacial score (nSPS) is 15.0. The molecule has 33 heavy (non-hydrogen) atoms. The summed E-state index contributed by atoms with van der Waals surface area (Å²) in [5.41, 5.74) is 5.36. The zero-order valence-corrected chi connectivity index (χ0v) is 20.2. The lowest BCUT2D eigenvalue weighted by atomic mass is 10.00. The van der Waals surface area contributed by atoms with Gasteiger partial charge in [0, 0.05) is 15.6 Å². The van der Waals surface area contributed by atoms with E-state index in [1.807, 2.05) is 25.1 Å². The number of aliphatic imine (C=N–C) groups is 1. The second kappa shape index (κ2) is 9.78. The van der Waals surface area contributed by atoms with Crippen LogP contribution in [0.15, 0.2) is 103 Å². The highest BCUT2D eigenvalue weighted by Gasteiger charge is 2.26. The summed E-state index contributed by atoms with van der Waals surface area (Å²) >= 11 is 3.59. The number of anilines is 1. The Hall–Kier alpha value is -3.14. The molecule has 2 heterocycles. The summed E-state index contributed by atoms with van der Waals surface area (Å²) in [7, 11) is -4.00. The Balaban J connectivity index is 0.000000219. The minimum Gasteiger partial charge on any atom is -0.320 e. The van der Waals surface area contributed by atoms with Gasteiger partial charge in [0.25, 0.3) is 10.1 Å². The van der Waals surface area contributed by atoms with E-state index in [1.165, 1.54) is 12.1 Å². The van der Waals surface area contributed by atoms with Gasteiger partial charge in [-0.2, -0.15) is 13.5 Å². The van der Waals surface area contributed by atoms with Crippen LogP contribution >= 0.6 is 15.9 Å². The number of hydrogen-bond acceptors (Lipinski definition) is 6. The van der Waals surface area contributed by atoms with Crippen LogP contribution in [0.4, 0.5) is 5.69 Å². The first-order chi connectivity index (χ1) is 15.8. The largest absolute Gasteiger partial charge is 0.320 e. The molecule has 0 saturated carbocycles. The van der Waals surface area contributed by atoms with Crippen LogP contribution < -0.4 is 4.90 Å². The maximum atomic E-state index is 10.4. The number of halogens is 1. The fourth-order valence-electron chi connectivity index (χ4n) is 3.49. The molecule has 2 aliphatic rings. The highest BCUT2D eigenvalue weighted by molar-refractivity contribution is 9.10. The van der Waals surface area contributed by atoms with Crippen molar-refractivity contribution in [3.63, 3.8) is 0 Å². The SMILES string of the molecule is CC1=NN=C2CN=C(c3ccccc3)c3cc(Br)ccc3N2C1.O=S(=O)(O)c1ccccc1. The van der Waals surface area contributed by atoms with Crippen LogP contribution in [0.5, 0.6) is 0 Å². The van der Waals surface area contributed by atoms with Gasteiger partial charge in [-0.3, -0.25) is 9.55 Å². The summed E-state index contributed by atoms with van der Waals surface area (Å²) in [6, 6.07) is 24.0. The number of nitrogens with zero attached hydrogens (tertiary/aromatic N) is 4. The van der Waals surface area contributed by atoms with Crippen molar-refractivity contribution >= 4 is 49.0 Å². The third kappa shape index (κ3) is 5.44. The average molecular weight is 525 g/mol. The molecule has 0 spiro atoms. The third-order valence-corrected chi connectivity index (χ3v) is 6.37. The zero-order chi connectivity index (χ0) is 23.4. The molecular formula is C24H21BrN4O3S. The molecule has 3 aromatic rings. The van der Waals surface area contributed by atoms with Crippen LogP contribution in [0.3, 0.4) is 0 Å². The van der Waals surface area contributed by atoms with E-state index in [-0.39, 0.29) is 4.90 Å². The van der Waals surface area contributed by atoms with Crippen LogP contribution in [0, 0.1) is 0 Å². The van der Waals surface area contributed by atoms with E-state index in [1.54, 1.807) is 18.2 Å². The molecule has 0 saturated heterocycles. The number of amidine groups is 1. The van der Waals surface area contributed by atoms with Crippen molar-refractivity contribution in [3.8, 4) is 0 Å². The summed E-state index contributed by atoms with van der Waals surface area (Å²) in [5.74, 6) is 0.894. The first-order valence-corrected chi connectivity index (χ1v) is 12.4. The Labute approximate surface area is 201 Å². The Morgan fingerprint density at radius 2 is 1.61 bits per heavy atom. The highest BCUT2D eigenvalue weighted by Crippen LogP contribution is 2.30. The van der Waals surface area contributed by atoms with Gasteiger partial charge < -0.3 is 4.90 Å². The minimum atomic E-state index is -4.00. The lowest BCUT2D eigenvalue weighted by Crippen LogP contribution is -2.38. The average Bonchev–Trinajstić information content (AvgIpc) is 2.96. The second-order valence-electron chi connectivity index (χ2n) is 7.42. The van der Waals surface area contributed by atoms with E-state index in [4.69, 9.17) is 9.55 Å². The van der Waals surface area contributed by atoms with Crippen molar-refractivity contribution in [1.82, 2.24) is 0 Å². The minimum absolute atomic E-state index is 0.0741. The first-order valence-electron chi connectivity index (χ1n) is 10.1. The number of fused-ring (bicyclic) bond motifs is 3. The molecule has 1 N–H and O–H groups in total. The summed E-state index contributed by atoms with van der Waals surface area (Å²) in [4.78, 5) is 6.98. The highest BCUT2D eigenvalue weighted by atomic mass is 79.9. The lowest BCUT2D eigenvalue weighted by Gasteiger charge is -2.27. The van der Waals surface area contributed by atoms with E-state index in [2.05, 4.69) is 61.4 Å². The van der Waals surface area contributed by atoms with Crippen LogP contribution in [0.25, 0.3) is 0 Å². The van der Waals surface area contributed by atoms with Crippen molar-refractivity contribution in [2.45, 2.75) is 11.8 Å². The van der Waals surface area contributed by atoms with Gasteiger partial charge in [-0.1, -0.05) is 64.5 Å². The van der Waals surface area contributed by atoms with Crippen LogP contribution in [0.2, 0.25) is 0 Å². The molecule has 0 unspecified atom stereocenters. The van der Waals surface area contributed by atoms with E-state index in [0.29, 0.717) is 6.54 Å². The van der Waals surface area contributed by atoms with Crippen molar-refractivity contribution in [1.29, 1.82) is 0 Å². The van der Waals surface area contributed by atoms with Gasteiger partial charge in [0.1, 0.15) is 0 Å². The molecule has 9 heteroatoms. The van der Waals surface area contributed by atoms with Gasteiger partial charge >= 0.3 is 0 Å². The van der Waals surface area contributed by atoms with Crippen molar-refractivity contribution in [3.05, 3.63) is 94.5 Å². The molecule has 0 amide bonds. The molecule has 0 bridgehead atoms. The smallest absolute Gasteiger partial charge is 0.294 e. The predicted molar refractivity (Wildman–Crippen MR) is 135 cm³/mol. The Bertz CT molecular complexity index is 1350. The molecule has 0 fully saturated rings. The lowest BCUT2D eigenvalue weighted by molar-refractivity contribution is 0.483. The standard InChI is InChI=1S/C18H15BrN4.C6H6O3S/c1-12-11-23-16-8-7-14(19)9-15(16)18(13-5-3-2-4-6-13)20-10-17(23)22-21-12;7-10(8,9)6-4-2-1-3-5-6/h2-9H,10-11H2,1H3;1-5H,(H,7,8,9). The summed E-state index contributed by atoms with van der Waals surface area (Å²) in [6.07, 6.45) is 0. The maximum absolute atomic E-state index is 10.4. The Morgan fingerprint density at radius 3 is 2.24 bits per heavy atom. The fourth-order valence-corrected chi connectivity index (χ4v) is 4.36. The van der Waals surface area contributed by atoms with E-state index < -0.39 is 10.1 Å². The summed E-state index contributed by atoms with van der Waals surface area (Å²) in [6.45, 7) is 3.29. The van der Waals surface area contributed by atoms with Crippen LogP contribution in [-0.4, -0.2) is 43.3 Å². The fraction of sp³-hybridized carbons (Fsp3) is 0.125. The Kier molecular flexibility index (Phi) is 6.83. The van der Waals surface area contributed by atoms with Crippen molar-refractivity contribution in [2.24, 2.45) is 15.2 Å². The summed E-state index contributed by atoms with van der Waals surface area (Å²) in [5, 5.41) is 8.58. The van der Waals surface area contributed by atoms with Gasteiger partial charge in [-0.05, 0) is 37.3 Å². The molecule has 0 atom stereocenters. The van der Waals surface area contributed by atoms with E-state index >= 15 is 0 Å². The maximum Gasteiger partial charge on any atom is 0.294 e. The van der Waals surface area contributed by atoms with Crippen molar-refractivity contribution in [2.75, 3.05) is 18.0 Å². The van der Waals surface area contributed by atoms with E-state index in [0.717, 1.165) is 45.1 Å². The number of hydrogen-bond donors (Lipinski definition) is 1. The molecule has 0 aromatic heterocycles. The monoisotopic (exact) mass is 524 g/mol. The third-order valence-electron chi connectivity index (χ3n) is 5.01. The van der Waals surface area contributed by atoms with Crippen molar-refractivity contribution < 1.29 is 13.0 Å². The molecule has 5 rings (SSSR count). The first kappa shape index (κ1) is 23.0. The topological polar surface area (TPSA) is 94.7 Å². The molecule has 0 aliphatic carbocycles. The van der Waals surface area contributed by atoms with E-state index in [9.17, 15) is 8.42 Å². The summed E-state index contributed by atoms with van der Waals surface area (Å²) < 4.78 is 30.3. The molecule has 3 aromatic carbocycles. The number of benzene rings is 3. The van der Waals surface area contributed by atoms with Gasteiger partial charge in [-0.25, -0.2) is 0 Å². The second-order valence-corrected chi connectivity index (χ2v) is 9.76. The zero-order valence-electron chi connectivity index (χ0n) is 17.8. The van der Waals surface area contributed by atoms with Gasteiger partial charge in [0.15, 0.2) is 5.84 Å².